The molecule has 116 valence electrons. The van der Waals surface area contributed by atoms with Gasteiger partial charge in [-0.15, -0.1) is 0 Å². The largest absolute Gasteiger partial charge is 0.488 e. The Labute approximate surface area is 134 Å². The summed E-state index contributed by atoms with van der Waals surface area (Å²) < 4.78 is 1.73. The molecule has 1 heterocycles. The van der Waals surface area contributed by atoms with Crippen LogP contribution in [0.3, 0.4) is 0 Å². The zero-order valence-corrected chi connectivity index (χ0v) is 12.9. The molecular weight excluding hydrogens is 289 g/mol. The molecule has 0 spiro atoms. The number of fused-ring (bicyclic) bond motifs is 1. The summed E-state index contributed by atoms with van der Waals surface area (Å²) in [5.74, 6) is 0. The normalized spacial score (nSPS) is 12.3. The molecule has 0 saturated carbocycles. The van der Waals surface area contributed by atoms with Crippen LogP contribution in [0, 0.1) is 0 Å². The van der Waals surface area contributed by atoms with Crippen molar-refractivity contribution in [2.24, 2.45) is 0 Å². The van der Waals surface area contributed by atoms with Crippen molar-refractivity contribution >= 4 is 23.4 Å². The summed E-state index contributed by atoms with van der Waals surface area (Å²) in [5, 5.41) is 19.8. The molecule has 0 aliphatic carbocycles. The lowest BCUT2D eigenvalue weighted by molar-refractivity contribution is 0.426. The van der Waals surface area contributed by atoms with Gasteiger partial charge in [0.05, 0.1) is 0 Å². The van der Waals surface area contributed by atoms with Gasteiger partial charge in [0.2, 0.25) is 0 Å². The number of nitrogens with zero attached hydrogens (tertiary/aromatic N) is 1. The summed E-state index contributed by atoms with van der Waals surface area (Å²) in [6.45, 7) is 2.02. The summed E-state index contributed by atoms with van der Waals surface area (Å²) in [4.78, 5) is 12.7. The van der Waals surface area contributed by atoms with Crippen molar-refractivity contribution in [3.05, 3.63) is 76.7 Å². The molecule has 0 aliphatic heterocycles. The topological polar surface area (TPSA) is 62.5 Å². The van der Waals surface area contributed by atoms with Crippen molar-refractivity contribution in [1.29, 1.82) is 0 Å². The molecular formula is C18H18BNO3. The Kier molecular flexibility index (Phi) is 4.32. The van der Waals surface area contributed by atoms with Crippen LogP contribution in [0.15, 0.2) is 65.6 Å². The van der Waals surface area contributed by atoms with Crippen LogP contribution in [-0.2, 0) is 6.42 Å². The van der Waals surface area contributed by atoms with Gasteiger partial charge in [-0.3, -0.25) is 4.79 Å². The van der Waals surface area contributed by atoms with E-state index in [4.69, 9.17) is 0 Å². The number of rotatable bonds is 4. The SMILES string of the molecule is CC(Cc1ccccc1)n1ccc2cc(B(O)O)ccc2c1=O. The second-order valence-electron chi connectivity index (χ2n) is 5.79. The Morgan fingerprint density at radius 1 is 1.09 bits per heavy atom. The summed E-state index contributed by atoms with van der Waals surface area (Å²) in [6.07, 6.45) is 2.55. The van der Waals surface area contributed by atoms with Crippen molar-refractivity contribution in [3.8, 4) is 0 Å². The Morgan fingerprint density at radius 3 is 2.52 bits per heavy atom. The molecule has 0 amide bonds. The summed E-state index contributed by atoms with van der Waals surface area (Å²) in [7, 11) is -1.53. The first kappa shape index (κ1) is 15.5. The molecule has 1 atom stereocenters. The van der Waals surface area contributed by atoms with Crippen molar-refractivity contribution in [3.63, 3.8) is 0 Å². The van der Waals surface area contributed by atoms with Gasteiger partial charge in [0.15, 0.2) is 0 Å². The van der Waals surface area contributed by atoms with Crippen LogP contribution in [0.4, 0.5) is 0 Å². The number of aromatic nitrogens is 1. The Bertz CT molecular complexity index is 874. The third kappa shape index (κ3) is 3.21. The minimum Gasteiger partial charge on any atom is -0.423 e. The maximum Gasteiger partial charge on any atom is 0.488 e. The lowest BCUT2D eigenvalue weighted by Crippen LogP contribution is -2.30. The smallest absolute Gasteiger partial charge is 0.423 e. The van der Waals surface area contributed by atoms with E-state index in [2.05, 4.69) is 12.1 Å². The van der Waals surface area contributed by atoms with Gasteiger partial charge in [0.25, 0.3) is 5.56 Å². The second-order valence-corrected chi connectivity index (χ2v) is 5.79. The summed E-state index contributed by atoms with van der Waals surface area (Å²) in [6, 6.07) is 16.8. The minimum absolute atomic E-state index is 0.0393. The predicted octanol–water partition coefficient (Wildman–Crippen LogP) is 1.48. The molecule has 0 fully saturated rings. The maximum atomic E-state index is 12.7. The first-order valence-corrected chi connectivity index (χ1v) is 7.61. The first-order valence-electron chi connectivity index (χ1n) is 7.61. The molecule has 4 nitrogen and oxygen atoms in total. The van der Waals surface area contributed by atoms with Gasteiger partial charge < -0.3 is 14.6 Å². The molecule has 5 heteroatoms. The molecule has 3 aromatic rings. The van der Waals surface area contributed by atoms with Crippen molar-refractivity contribution < 1.29 is 10.0 Å². The molecule has 0 aliphatic rings. The monoisotopic (exact) mass is 307 g/mol. The number of hydrogen-bond donors (Lipinski definition) is 2. The fraction of sp³-hybridized carbons (Fsp3) is 0.167. The fourth-order valence-electron chi connectivity index (χ4n) is 2.84. The van der Waals surface area contributed by atoms with E-state index in [9.17, 15) is 14.8 Å². The fourth-order valence-corrected chi connectivity index (χ4v) is 2.84. The molecule has 0 radical (unpaired) electrons. The molecule has 3 rings (SSSR count). The van der Waals surface area contributed by atoms with Gasteiger partial charge in [-0.1, -0.05) is 42.5 Å². The molecule has 0 saturated heterocycles. The molecule has 23 heavy (non-hydrogen) atoms. The lowest BCUT2D eigenvalue weighted by Gasteiger charge is -2.16. The standard InChI is InChI=1S/C18H18BNO3/c1-13(11-14-5-3-2-4-6-14)20-10-9-15-12-16(19(22)23)7-8-17(15)18(20)21/h2-10,12-13,22-23H,11H2,1H3. The number of hydrogen-bond acceptors (Lipinski definition) is 3. The maximum absolute atomic E-state index is 12.7. The zero-order chi connectivity index (χ0) is 16.4. The van der Waals surface area contributed by atoms with Gasteiger partial charge in [0.1, 0.15) is 0 Å². The van der Waals surface area contributed by atoms with Crippen LogP contribution in [0.5, 0.6) is 0 Å². The van der Waals surface area contributed by atoms with Crippen LogP contribution in [0.2, 0.25) is 0 Å². The van der Waals surface area contributed by atoms with E-state index in [1.165, 1.54) is 5.56 Å². The van der Waals surface area contributed by atoms with E-state index < -0.39 is 7.12 Å². The average molecular weight is 307 g/mol. The van der Waals surface area contributed by atoms with Crippen LogP contribution in [-0.4, -0.2) is 21.7 Å². The lowest BCUT2D eigenvalue weighted by atomic mass is 9.79. The highest BCUT2D eigenvalue weighted by molar-refractivity contribution is 6.58. The van der Waals surface area contributed by atoms with Crippen LogP contribution in [0.1, 0.15) is 18.5 Å². The minimum atomic E-state index is -1.53. The number of benzene rings is 2. The van der Waals surface area contributed by atoms with Crippen LogP contribution >= 0.6 is 0 Å². The van der Waals surface area contributed by atoms with E-state index in [1.54, 1.807) is 29.0 Å². The van der Waals surface area contributed by atoms with E-state index in [0.717, 1.165) is 6.42 Å². The van der Waals surface area contributed by atoms with Crippen LogP contribution in [0.25, 0.3) is 10.8 Å². The molecule has 2 aromatic carbocycles. The third-order valence-corrected chi connectivity index (χ3v) is 4.10. The number of pyridine rings is 1. The van der Waals surface area contributed by atoms with Gasteiger partial charge in [0, 0.05) is 17.6 Å². The van der Waals surface area contributed by atoms with E-state index in [0.29, 0.717) is 16.2 Å². The summed E-state index contributed by atoms with van der Waals surface area (Å²) in [5.41, 5.74) is 1.50. The molecule has 0 bridgehead atoms. The highest BCUT2D eigenvalue weighted by Gasteiger charge is 2.14. The van der Waals surface area contributed by atoms with Gasteiger partial charge in [-0.25, -0.2) is 0 Å². The van der Waals surface area contributed by atoms with Crippen molar-refractivity contribution in [2.75, 3.05) is 0 Å². The first-order chi connectivity index (χ1) is 11.1. The van der Waals surface area contributed by atoms with E-state index >= 15 is 0 Å². The van der Waals surface area contributed by atoms with Gasteiger partial charge in [-0.05, 0) is 41.9 Å². The van der Waals surface area contributed by atoms with E-state index in [-0.39, 0.29) is 11.6 Å². The Balaban J connectivity index is 1.97. The average Bonchev–Trinajstić information content (AvgIpc) is 2.55. The molecule has 1 unspecified atom stereocenters. The highest BCUT2D eigenvalue weighted by atomic mass is 16.4. The van der Waals surface area contributed by atoms with Crippen molar-refractivity contribution in [1.82, 2.24) is 4.57 Å². The van der Waals surface area contributed by atoms with Crippen LogP contribution < -0.4 is 11.0 Å². The second kappa shape index (κ2) is 6.40. The predicted molar refractivity (Wildman–Crippen MR) is 92.9 cm³/mol. The van der Waals surface area contributed by atoms with Crippen molar-refractivity contribution in [2.45, 2.75) is 19.4 Å². The third-order valence-electron chi connectivity index (χ3n) is 4.10. The quantitative estimate of drug-likeness (QED) is 0.718. The van der Waals surface area contributed by atoms with E-state index in [1.807, 2.05) is 31.2 Å². The zero-order valence-electron chi connectivity index (χ0n) is 12.9. The Hall–Kier alpha value is -2.37. The molecule has 2 N–H and O–H groups in total. The summed E-state index contributed by atoms with van der Waals surface area (Å²) >= 11 is 0. The highest BCUT2D eigenvalue weighted by Crippen LogP contribution is 2.14. The Morgan fingerprint density at radius 2 is 1.83 bits per heavy atom. The van der Waals surface area contributed by atoms with Gasteiger partial charge >= 0.3 is 7.12 Å². The molecule has 1 aromatic heterocycles. The van der Waals surface area contributed by atoms with Gasteiger partial charge in [-0.2, -0.15) is 0 Å².